The molecule has 224 valence electrons. The van der Waals surface area contributed by atoms with E-state index >= 15 is 0 Å². The van der Waals surface area contributed by atoms with Gasteiger partial charge in [0.2, 0.25) is 5.91 Å². The summed E-state index contributed by atoms with van der Waals surface area (Å²) in [5, 5.41) is 6.06. The van der Waals surface area contributed by atoms with Crippen molar-refractivity contribution in [2.75, 3.05) is 45.1 Å². The third-order valence-corrected chi connectivity index (χ3v) is 9.80. The molecular formula is C31H44N4O5S. The molecule has 2 aliphatic heterocycles. The van der Waals surface area contributed by atoms with Gasteiger partial charge in [0, 0.05) is 44.7 Å². The monoisotopic (exact) mass is 584 g/mol. The maximum atomic E-state index is 13.6. The topological polar surface area (TPSA) is 108 Å². The molecule has 2 N–H and O–H groups in total. The third-order valence-electron chi connectivity index (χ3n) is 8.03. The van der Waals surface area contributed by atoms with Gasteiger partial charge in [-0.1, -0.05) is 61.9 Å². The van der Waals surface area contributed by atoms with Crippen molar-refractivity contribution >= 4 is 21.8 Å². The molecule has 2 atom stereocenters. The molecule has 2 fully saturated rings. The van der Waals surface area contributed by atoms with Crippen LogP contribution in [0.5, 0.6) is 0 Å². The number of amides is 3. The molecule has 0 aromatic heterocycles. The first-order chi connectivity index (χ1) is 19.9. The van der Waals surface area contributed by atoms with Gasteiger partial charge in [-0.3, -0.25) is 9.69 Å². The fourth-order valence-electron chi connectivity index (χ4n) is 5.66. The normalized spacial score (nSPS) is 18.4. The predicted octanol–water partition coefficient (Wildman–Crippen LogP) is 3.25. The molecule has 0 radical (unpaired) electrons. The predicted molar refractivity (Wildman–Crippen MR) is 159 cm³/mol. The van der Waals surface area contributed by atoms with Crippen LogP contribution < -0.4 is 10.6 Å². The number of benzene rings is 2. The Labute approximate surface area is 244 Å². The average molecular weight is 585 g/mol. The van der Waals surface area contributed by atoms with E-state index in [9.17, 15) is 18.0 Å². The van der Waals surface area contributed by atoms with Crippen molar-refractivity contribution in [3.8, 4) is 0 Å². The van der Waals surface area contributed by atoms with Crippen LogP contribution >= 0.6 is 0 Å². The summed E-state index contributed by atoms with van der Waals surface area (Å²) in [6, 6.07) is 17.1. The highest BCUT2D eigenvalue weighted by Gasteiger charge is 2.31. The molecule has 0 aliphatic carbocycles. The Hall–Kier alpha value is -2.95. The zero-order valence-electron chi connectivity index (χ0n) is 24.0. The number of sulfone groups is 1. The molecule has 0 unspecified atom stereocenters. The highest BCUT2D eigenvalue weighted by Crippen LogP contribution is 2.19. The van der Waals surface area contributed by atoms with Gasteiger partial charge in [0.15, 0.2) is 9.84 Å². The van der Waals surface area contributed by atoms with Gasteiger partial charge in [-0.15, -0.1) is 0 Å². The fraction of sp³-hybridized carbons (Fsp3) is 0.548. The summed E-state index contributed by atoms with van der Waals surface area (Å²) in [4.78, 5) is 31.5. The first kappa shape index (κ1) is 31.0. The van der Waals surface area contributed by atoms with Crippen molar-refractivity contribution in [3.05, 3.63) is 66.2 Å². The first-order valence-corrected chi connectivity index (χ1v) is 16.5. The van der Waals surface area contributed by atoms with E-state index in [1.807, 2.05) is 37.3 Å². The minimum Gasteiger partial charge on any atom is -0.379 e. The highest BCUT2D eigenvalue weighted by atomic mass is 32.2. The number of likely N-dealkylation sites (tertiary alicyclic amines) is 1. The lowest BCUT2D eigenvalue weighted by Crippen LogP contribution is -2.56. The van der Waals surface area contributed by atoms with Gasteiger partial charge in [-0.25, -0.2) is 13.2 Å². The molecule has 3 amide bonds. The van der Waals surface area contributed by atoms with Gasteiger partial charge in [-0.05, 0) is 43.4 Å². The minimum atomic E-state index is -3.46. The summed E-state index contributed by atoms with van der Waals surface area (Å²) in [6.45, 7) is 6.67. The summed E-state index contributed by atoms with van der Waals surface area (Å²) < 4.78 is 31.2. The van der Waals surface area contributed by atoms with Gasteiger partial charge >= 0.3 is 6.03 Å². The molecule has 0 saturated carbocycles. The molecule has 0 bridgehead atoms. The lowest BCUT2D eigenvalue weighted by atomic mass is 10.0. The Morgan fingerprint density at radius 3 is 2.17 bits per heavy atom. The molecule has 2 aliphatic rings. The van der Waals surface area contributed by atoms with E-state index in [2.05, 4.69) is 15.5 Å². The Bertz CT molecular complexity index is 1200. The number of morpholine rings is 1. The summed E-state index contributed by atoms with van der Waals surface area (Å²) >= 11 is 0. The van der Waals surface area contributed by atoms with Gasteiger partial charge in [0.1, 0.15) is 6.04 Å². The number of rotatable bonds is 12. The maximum Gasteiger partial charge on any atom is 0.318 e. The van der Waals surface area contributed by atoms with Crippen LogP contribution in [-0.4, -0.2) is 93.4 Å². The minimum absolute atomic E-state index is 0.0598. The summed E-state index contributed by atoms with van der Waals surface area (Å²) in [7, 11) is -3.46. The second-order valence-electron chi connectivity index (χ2n) is 11.0. The van der Waals surface area contributed by atoms with E-state index in [0.29, 0.717) is 38.4 Å². The van der Waals surface area contributed by atoms with Crippen LogP contribution in [0.1, 0.15) is 44.6 Å². The molecule has 9 nitrogen and oxygen atoms in total. The average Bonchev–Trinajstić information content (AvgIpc) is 3.01. The van der Waals surface area contributed by atoms with Crippen molar-refractivity contribution in [1.82, 2.24) is 20.4 Å². The molecule has 10 heteroatoms. The van der Waals surface area contributed by atoms with E-state index in [1.165, 1.54) is 0 Å². The molecule has 2 heterocycles. The van der Waals surface area contributed by atoms with Crippen LogP contribution in [0.15, 0.2) is 65.6 Å². The number of urea groups is 1. The maximum absolute atomic E-state index is 13.6. The van der Waals surface area contributed by atoms with E-state index in [-0.39, 0.29) is 28.6 Å². The SMILES string of the molecule is CCC[C@@H](CCS(=O)(=O)c1ccccc1)NC(=O)[C@H](Cc1ccccc1)NC(=O)N1CCC(N2CCOCC2)CC1. The molecule has 41 heavy (non-hydrogen) atoms. The Kier molecular flexibility index (Phi) is 11.6. The van der Waals surface area contributed by atoms with Crippen molar-refractivity contribution in [2.45, 2.75) is 68.5 Å². The molecule has 2 aromatic carbocycles. The smallest absolute Gasteiger partial charge is 0.318 e. The van der Waals surface area contributed by atoms with E-state index in [1.54, 1.807) is 35.2 Å². The van der Waals surface area contributed by atoms with E-state index < -0.39 is 15.9 Å². The van der Waals surface area contributed by atoms with Gasteiger partial charge in [-0.2, -0.15) is 0 Å². The molecule has 2 aromatic rings. The van der Waals surface area contributed by atoms with Crippen LogP contribution in [0, 0.1) is 0 Å². The number of ether oxygens (including phenoxy) is 1. The van der Waals surface area contributed by atoms with Gasteiger partial charge in [0.25, 0.3) is 0 Å². The molecule has 0 spiro atoms. The zero-order valence-corrected chi connectivity index (χ0v) is 24.9. The van der Waals surface area contributed by atoms with Gasteiger partial charge < -0.3 is 20.3 Å². The second-order valence-corrected chi connectivity index (χ2v) is 13.1. The lowest BCUT2D eigenvalue weighted by Gasteiger charge is -2.40. The van der Waals surface area contributed by atoms with E-state index in [4.69, 9.17) is 4.74 Å². The Morgan fingerprint density at radius 1 is 0.902 bits per heavy atom. The molecular weight excluding hydrogens is 540 g/mol. The zero-order chi connectivity index (χ0) is 29.1. The number of nitrogens with one attached hydrogen (secondary N) is 2. The van der Waals surface area contributed by atoms with Crippen molar-refractivity contribution in [3.63, 3.8) is 0 Å². The molecule has 4 rings (SSSR count). The largest absolute Gasteiger partial charge is 0.379 e. The van der Waals surface area contributed by atoms with Crippen LogP contribution in [0.2, 0.25) is 0 Å². The van der Waals surface area contributed by atoms with Crippen LogP contribution in [0.3, 0.4) is 0 Å². The molecule has 2 saturated heterocycles. The number of carbonyl (C=O) groups is 2. The van der Waals surface area contributed by atoms with Crippen molar-refractivity contribution in [1.29, 1.82) is 0 Å². The van der Waals surface area contributed by atoms with Crippen molar-refractivity contribution in [2.24, 2.45) is 0 Å². The van der Waals surface area contributed by atoms with Crippen LogP contribution in [0.25, 0.3) is 0 Å². The first-order valence-electron chi connectivity index (χ1n) is 14.8. The second kappa shape index (κ2) is 15.3. The number of piperidine rings is 1. The fourth-order valence-corrected chi connectivity index (χ4v) is 7.06. The van der Waals surface area contributed by atoms with Crippen molar-refractivity contribution < 1.29 is 22.7 Å². The Morgan fingerprint density at radius 2 is 1.54 bits per heavy atom. The standard InChI is InChI=1S/C31H44N4O5S/c1-2-9-26(16-23-41(38,39)28-12-7-4-8-13-28)32-30(36)29(24-25-10-5-3-6-11-25)33-31(37)35-17-14-27(15-18-35)34-19-21-40-22-20-34/h3-8,10-13,26-27,29H,2,9,14-24H2,1H3,(H,32,36)(H,33,37)/t26-,29-/m0/s1. The summed E-state index contributed by atoms with van der Waals surface area (Å²) in [5.41, 5.74) is 0.942. The third kappa shape index (κ3) is 9.28. The lowest BCUT2D eigenvalue weighted by molar-refractivity contribution is -0.123. The van der Waals surface area contributed by atoms with Crippen LogP contribution in [-0.2, 0) is 25.8 Å². The quantitative estimate of drug-likeness (QED) is 0.397. The summed E-state index contributed by atoms with van der Waals surface area (Å²) in [5.74, 6) is -0.351. The number of nitrogens with zero attached hydrogens (tertiary/aromatic N) is 2. The number of hydrogen-bond acceptors (Lipinski definition) is 6. The van der Waals surface area contributed by atoms with E-state index in [0.717, 1.165) is 51.1 Å². The highest BCUT2D eigenvalue weighted by molar-refractivity contribution is 7.91. The number of hydrogen-bond donors (Lipinski definition) is 2. The Balaban J connectivity index is 1.37. The van der Waals surface area contributed by atoms with Crippen LogP contribution in [0.4, 0.5) is 4.79 Å². The number of carbonyl (C=O) groups excluding carboxylic acids is 2. The summed E-state index contributed by atoms with van der Waals surface area (Å²) in [6.07, 6.45) is 3.90. The van der Waals surface area contributed by atoms with Gasteiger partial charge in [0.05, 0.1) is 23.9 Å².